The molecule has 3 N–H and O–H groups in total. The van der Waals surface area contributed by atoms with Crippen molar-refractivity contribution in [3.05, 3.63) is 12.2 Å². The molecule has 1 rings (SSSR count). The highest BCUT2D eigenvalue weighted by Gasteiger charge is 2.32. The van der Waals surface area contributed by atoms with Gasteiger partial charge in [-0.1, -0.05) is 13.8 Å². The van der Waals surface area contributed by atoms with Gasteiger partial charge in [-0.15, -0.1) is 0 Å². The smallest absolute Gasteiger partial charge is 0.242 e. The molecule has 0 aliphatic heterocycles. The minimum Gasteiger partial charge on any atom is -0.337 e. The predicted molar refractivity (Wildman–Crippen MR) is 60.4 cm³/mol. The first kappa shape index (κ1) is 12.6. The topological polar surface area (TPSA) is 87.9 Å². The molecule has 90 valence electrons. The van der Waals surface area contributed by atoms with Crippen molar-refractivity contribution >= 4 is 5.91 Å². The molecule has 1 heterocycles. The second-order valence-electron chi connectivity index (χ2n) is 3.96. The maximum atomic E-state index is 12.1. The van der Waals surface area contributed by atoms with Gasteiger partial charge < -0.3 is 10.6 Å². The molecule has 0 aliphatic carbocycles. The molecular weight excluding hydrogens is 206 g/mol. The molecule has 6 nitrogen and oxygen atoms in total. The van der Waals surface area contributed by atoms with Crippen molar-refractivity contribution in [1.29, 1.82) is 0 Å². The lowest BCUT2D eigenvalue weighted by molar-refractivity contribution is -0.136. The Balaban J connectivity index is 2.67. The Morgan fingerprint density at radius 3 is 2.62 bits per heavy atom. The zero-order valence-corrected chi connectivity index (χ0v) is 10.0. The van der Waals surface area contributed by atoms with E-state index < -0.39 is 5.54 Å². The summed E-state index contributed by atoms with van der Waals surface area (Å²) in [6.45, 7) is 4.24. The molecule has 0 bridgehead atoms. The van der Waals surface area contributed by atoms with Gasteiger partial charge in [0.15, 0.2) is 0 Å². The average molecular weight is 225 g/mol. The molecule has 1 aromatic rings. The van der Waals surface area contributed by atoms with Gasteiger partial charge in [0.05, 0.1) is 12.1 Å². The van der Waals surface area contributed by atoms with Crippen LogP contribution in [-0.2, 0) is 11.3 Å². The number of amides is 1. The van der Waals surface area contributed by atoms with E-state index in [4.69, 9.17) is 5.73 Å². The molecule has 0 spiro atoms. The third-order valence-corrected chi connectivity index (χ3v) is 2.89. The molecule has 0 atom stereocenters. The fourth-order valence-electron chi connectivity index (χ4n) is 1.54. The summed E-state index contributed by atoms with van der Waals surface area (Å²) in [6.07, 6.45) is 2.68. The van der Waals surface area contributed by atoms with Crippen LogP contribution in [-0.4, -0.2) is 38.6 Å². The van der Waals surface area contributed by atoms with Crippen LogP contribution in [0.15, 0.2) is 6.33 Å². The van der Waals surface area contributed by atoms with E-state index in [0.717, 1.165) is 0 Å². The molecule has 0 saturated carbocycles. The Morgan fingerprint density at radius 1 is 1.56 bits per heavy atom. The molecule has 0 aliphatic rings. The van der Waals surface area contributed by atoms with Crippen molar-refractivity contribution < 1.29 is 4.79 Å². The maximum Gasteiger partial charge on any atom is 0.242 e. The van der Waals surface area contributed by atoms with Gasteiger partial charge in [-0.3, -0.25) is 9.89 Å². The van der Waals surface area contributed by atoms with Gasteiger partial charge in [0.25, 0.3) is 0 Å². The molecule has 1 aromatic heterocycles. The van der Waals surface area contributed by atoms with Crippen LogP contribution in [0.4, 0.5) is 0 Å². The molecular formula is C10H19N5O. The van der Waals surface area contributed by atoms with Gasteiger partial charge in [-0.05, 0) is 12.8 Å². The van der Waals surface area contributed by atoms with Crippen LogP contribution in [0.3, 0.4) is 0 Å². The average Bonchev–Trinajstić information content (AvgIpc) is 2.79. The molecule has 0 radical (unpaired) electrons. The fourth-order valence-corrected chi connectivity index (χ4v) is 1.54. The summed E-state index contributed by atoms with van der Waals surface area (Å²) in [7, 11) is 1.72. The Morgan fingerprint density at radius 2 is 2.19 bits per heavy atom. The van der Waals surface area contributed by atoms with Gasteiger partial charge in [0.1, 0.15) is 12.2 Å². The lowest BCUT2D eigenvalue weighted by Crippen LogP contribution is -2.53. The number of aromatic amines is 1. The molecule has 0 saturated heterocycles. The normalized spacial score (nSPS) is 11.5. The third kappa shape index (κ3) is 2.57. The number of H-pyrrole nitrogens is 1. The second kappa shape index (κ2) is 5.07. The highest BCUT2D eigenvalue weighted by atomic mass is 16.2. The van der Waals surface area contributed by atoms with E-state index in [1.807, 2.05) is 13.8 Å². The van der Waals surface area contributed by atoms with Crippen molar-refractivity contribution in [2.24, 2.45) is 5.73 Å². The number of carbonyl (C=O) groups is 1. The summed E-state index contributed by atoms with van der Waals surface area (Å²) < 4.78 is 0. The van der Waals surface area contributed by atoms with E-state index in [1.54, 1.807) is 11.9 Å². The zero-order chi connectivity index (χ0) is 12.2. The van der Waals surface area contributed by atoms with Crippen molar-refractivity contribution in [3.63, 3.8) is 0 Å². The number of hydrogen-bond donors (Lipinski definition) is 2. The number of nitrogens with two attached hydrogens (primary N) is 1. The number of nitrogens with zero attached hydrogens (tertiary/aromatic N) is 3. The summed E-state index contributed by atoms with van der Waals surface area (Å²) in [5.74, 6) is 0.597. The van der Waals surface area contributed by atoms with E-state index in [1.165, 1.54) is 6.33 Å². The molecule has 0 fully saturated rings. The Kier molecular flexibility index (Phi) is 4.00. The first-order chi connectivity index (χ1) is 7.53. The van der Waals surface area contributed by atoms with Crippen LogP contribution in [0.1, 0.15) is 32.5 Å². The Bertz CT molecular complexity index is 331. The summed E-state index contributed by atoms with van der Waals surface area (Å²) in [6, 6.07) is 0. The highest BCUT2D eigenvalue weighted by molar-refractivity contribution is 5.85. The lowest BCUT2D eigenvalue weighted by atomic mass is 9.92. The van der Waals surface area contributed by atoms with Gasteiger partial charge >= 0.3 is 0 Å². The van der Waals surface area contributed by atoms with E-state index in [0.29, 0.717) is 25.2 Å². The van der Waals surface area contributed by atoms with E-state index >= 15 is 0 Å². The maximum absolute atomic E-state index is 12.1. The largest absolute Gasteiger partial charge is 0.337 e. The van der Waals surface area contributed by atoms with Crippen LogP contribution in [0, 0.1) is 0 Å². The van der Waals surface area contributed by atoms with Gasteiger partial charge in [-0.25, -0.2) is 4.98 Å². The lowest BCUT2D eigenvalue weighted by Gasteiger charge is -2.30. The third-order valence-electron chi connectivity index (χ3n) is 2.89. The monoisotopic (exact) mass is 225 g/mol. The quantitative estimate of drug-likeness (QED) is 0.753. The van der Waals surface area contributed by atoms with Crippen molar-refractivity contribution in [2.45, 2.75) is 38.8 Å². The molecule has 16 heavy (non-hydrogen) atoms. The van der Waals surface area contributed by atoms with Crippen molar-refractivity contribution in [1.82, 2.24) is 20.1 Å². The highest BCUT2D eigenvalue weighted by Crippen LogP contribution is 2.15. The fraction of sp³-hybridized carbons (Fsp3) is 0.700. The molecule has 1 amide bonds. The molecule has 0 unspecified atom stereocenters. The van der Waals surface area contributed by atoms with E-state index in [-0.39, 0.29) is 5.91 Å². The second-order valence-corrected chi connectivity index (χ2v) is 3.96. The number of carbonyl (C=O) groups excluding carboxylic acids is 1. The standard InChI is InChI=1S/C10H19N5O/c1-4-10(11,5-2)9(16)15(3)6-8-12-7-13-14-8/h7H,4-6,11H2,1-3H3,(H,12,13,14). The van der Waals surface area contributed by atoms with Crippen LogP contribution < -0.4 is 5.73 Å². The van der Waals surface area contributed by atoms with Crippen LogP contribution >= 0.6 is 0 Å². The first-order valence-corrected chi connectivity index (χ1v) is 5.42. The zero-order valence-electron chi connectivity index (χ0n) is 10.0. The summed E-state index contributed by atoms with van der Waals surface area (Å²) in [5, 5.41) is 6.45. The minimum atomic E-state index is -0.769. The minimum absolute atomic E-state index is 0.0612. The Labute approximate surface area is 95.2 Å². The molecule has 0 aromatic carbocycles. The van der Waals surface area contributed by atoms with Crippen molar-refractivity contribution in [3.8, 4) is 0 Å². The molecule has 6 heteroatoms. The first-order valence-electron chi connectivity index (χ1n) is 5.42. The van der Waals surface area contributed by atoms with Crippen LogP contribution in [0.25, 0.3) is 0 Å². The SMILES string of the molecule is CCC(N)(CC)C(=O)N(C)Cc1ncn[nH]1. The summed E-state index contributed by atoms with van der Waals surface area (Å²) >= 11 is 0. The number of rotatable bonds is 5. The number of hydrogen-bond acceptors (Lipinski definition) is 4. The number of aromatic nitrogens is 3. The Hall–Kier alpha value is -1.43. The van der Waals surface area contributed by atoms with E-state index in [9.17, 15) is 4.79 Å². The van der Waals surface area contributed by atoms with Crippen molar-refractivity contribution in [2.75, 3.05) is 7.05 Å². The number of likely N-dealkylation sites (N-methyl/N-ethyl adjacent to an activating group) is 1. The van der Waals surface area contributed by atoms with Gasteiger partial charge in [-0.2, -0.15) is 5.10 Å². The van der Waals surface area contributed by atoms with E-state index in [2.05, 4.69) is 15.2 Å². The summed E-state index contributed by atoms with van der Waals surface area (Å²) in [4.78, 5) is 17.6. The van der Waals surface area contributed by atoms with Gasteiger partial charge in [0, 0.05) is 7.05 Å². The summed E-state index contributed by atoms with van der Waals surface area (Å²) in [5.41, 5.74) is 5.26. The van der Waals surface area contributed by atoms with Crippen LogP contribution in [0.5, 0.6) is 0 Å². The predicted octanol–water partition coefficient (Wildman–Crippen LogP) is 0.281. The number of nitrogens with one attached hydrogen (secondary N) is 1. The van der Waals surface area contributed by atoms with Gasteiger partial charge in [0.2, 0.25) is 5.91 Å². The van der Waals surface area contributed by atoms with Crippen LogP contribution in [0.2, 0.25) is 0 Å².